The number of hydrogen-bond acceptors (Lipinski definition) is 9. The summed E-state index contributed by atoms with van der Waals surface area (Å²) in [7, 11) is 1.38. The average Bonchev–Trinajstić information content (AvgIpc) is 3.29. The van der Waals surface area contributed by atoms with Crippen molar-refractivity contribution in [1.29, 1.82) is 0 Å². The Hall–Kier alpha value is -1.26. The second-order valence-electron chi connectivity index (χ2n) is 9.61. The Morgan fingerprint density at radius 1 is 1.13 bits per heavy atom. The van der Waals surface area contributed by atoms with Gasteiger partial charge in [-0.15, -0.1) is 23.5 Å². The highest BCUT2D eigenvalue weighted by molar-refractivity contribution is 8.16. The quantitative estimate of drug-likeness (QED) is 0.601. The van der Waals surface area contributed by atoms with Gasteiger partial charge in [0.25, 0.3) is 0 Å². The summed E-state index contributed by atoms with van der Waals surface area (Å²) in [6.45, 7) is 13.4. The van der Waals surface area contributed by atoms with Crippen molar-refractivity contribution in [2.24, 2.45) is 9.98 Å². The van der Waals surface area contributed by atoms with Crippen LogP contribution in [0.15, 0.2) is 9.98 Å². The standard InChI is InChI=1S/C20H31N3O5S2/c1-17(2,3)28-16(25)23-12(9-27-18(23,4)5)13-21-19(6,10-29-13)14-22-20(7,11-30-14)15(24)26-8/h12H,9-11H2,1-8H3/t12-,19+,20+/m0/s1. The molecule has 10 heteroatoms. The van der Waals surface area contributed by atoms with Crippen LogP contribution in [0.2, 0.25) is 0 Å². The van der Waals surface area contributed by atoms with Crippen LogP contribution < -0.4 is 0 Å². The maximum Gasteiger partial charge on any atom is 0.413 e. The number of methoxy groups -OCH3 is 1. The first-order valence-corrected chi connectivity index (χ1v) is 11.9. The van der Waals surface area contributed by atoms with Crippen molar-refractivity contribution < 1.29 is 23.8 Å². The van der Waals surface area contributed by atoms with E-state index in [9.17, 15) is 9.59 Å². The molecule has 3 heterocycles. The van der Waals surface area contributed by atoms with Gasteiger partial charge in [-0.3, -0.25) is 14.9 Å². The zero-order valence-corrected chi connectivity index (χ0v) is 20.5. The van der Waals surface area contributed by atoms with Gasteiger partial charge in [0.15, 0.2) is 5.54 Å². The van der Waals surface area contributed by atoms with Gasteiger partial charge in [-0.1, -0.05) is 0 Å². The summed E-state index contributed by atoms with van der Waals surface area (Å²) < 4.78 is 16.5. The van der Waals surface area contributed by atoms with Crippen LogP contribution in [0, 0.1) is 0 Å². The first kappa shape index (κ1) is 23.4. The first-order valence-electron chi connectivity index (χ1n) is 9.91. The second-order valence-corrected chi connectivity index (χ2v) is 11.6. The van der Waals surface area contributed by atoms with Crippen molar-refractivity contribution in [1.82, 2.24) is 4.90 Å². The summed E-state index contributed by atoms with van der Waals surface area (Å²) >= 11 is 3.14. The molecule has 0 aromatic rings. The van der Waals surface area contributed by atoms with E-state index in [-0.39, 0.29) is 12.0 Å². The van der Waals surface area contributed by atoms with Crippen LogP contribution in [-0.2, 0) is 19.0 Å². The van der Waals surface area contributed by atoms with E-state index in [1.807, 2.05) is 41.5 Å². The predicted molar refractivity (Wildman–Crippen MR) is 121 cm³/mol. The van der Waals surface area contributed by atoms with Crippen LogP contribution in [0.4, 0.5) is 4.79 Å². The average molecular weight is 458 g/mol. The number of esters is 1. The summed E-state index contributed by atoms with van der Waals surface area (Å²) in [5.41, 5.74) is -2.84. The van der Waals surface area contributed by atoms with Crippen LogP contribution >= 0.6 is 23.5 Å². The summed E-state index contributed by atoms with van der Waals surface area (Å²) in [5.74, 6) is 0.874. The van der Waals surface area contributed by atoms with E-state index in [0.717, 1.165) is 10.1 Å². The molecule has 3 atom stereocenters. The monoisotopic (exact) mass is 457 g/mol. The van der Waals surface area contributed by atoms with Crippen molar-refractivity contribution in [2.75, 3.05) is 25.2 Å². The summed E-state index contributed by atoms with van der Waals surface area (Å²) in [6, 6.07) is -0.319. The van der Waals surface area contributed by atoms with Crippen LogP contribution in [0.3, 0.4) is 0 Å². The Kier molecular flexibility index (Phi) is 6.01. The van der Waals surface area contributed by atoms with E-state index >= 15 is 0 Å². The zero-order chi connectivity index (χ0) is 22.5. The smallest absolute Gasteiger partial charge is 0.413 e. The lowest BCUT2D eigenvalue weighted by Gasteiger charge is -2.35. The largest absolute Gasteiger partial charge is 0.467 e. The molecule has 1 saturated heterocycles. The molecule has 0 spiro atoms. The molecule has 0 aromatic heterocycles. The highest BCUT2D eigenvalue weighted by Crippen LogP contribution is 2.42. The van der Waals surface area contributed by atoms with Gasteiger partial charge in [0.2, 0.25) is 0 Å². The normalized spacial score (nSPS) is 33.3. The van der Waals surface area contributed by atoms with Crippen molar-refractivity contribution in [3.63, 3.8) is 0 Å². The minimum absolute atomic E-state index is 0.319. The minimum Gasteiger partial charge on any atom is -0.467 e. The van der Waals surface area contributed by atoms with E-state index in [2.05, 4.69) is 4.99 Å². The molecule has 1 fully saturated rings. The number of ether oxygens (including phenoxy) is 3. The first-order chi connectivity index (χ1) is 13.7. The molecular formula is C20H31N3O5S2. The summed E-state index contributed by atoms with van der Waals surface area (Å²) in [4.78, 5) is 36.4. The van der Waals surface area contributed by atoms with Crippen LogP contribution in [0.25, 0.3) is 0 Å². The Morgan fingerprint density at radius 3 is 2.40 bits per heavy atom. The molecule has 0 radical (unpaired) electrons. The molecule has 8 nitrogen and oxygen atoms in total. The van der Waals surface area contributed by atoms with Crippen molar-refractivity contribution in [3.8, 4) is 0 Å². The molecule has 0 aromatic carbocycles. The molecule has 0 unspecified atom stereocenters. The fourth-order valence-electron chi connectivity index (χ4n) is 3.54. The Balaban J connectivity index is 1.86. The molecule has 0 bridgehead atoms. The van der Waals surface area contributed by atoms with Crippen molar-refractivity contribution >= 4 is 45.7 Å². The fraction of sp³-hybridized carbons (Fsp3) is 0.800. The molecule has 0 aliphatic carbocycles. The number of hydrogen-bond donors (Lipinski definition) is 0. The highest BCUT2D eigenvalue weighted by atomic mass is 32.2. The van der Waals surface area contributed by atoms with Gasteiger partial charge in [-0.05, 0) is 48.5 Å². The molecule has 3 rings (SSSR count). The van der Waals surface area contributed by atoms with Gasteiger partial charge in [0.05, 0.1) is 23.8 Å². The molecular weight excluding hydrogens is 426 g/mol. The maximum absolute atomic E-state index is 12.9. The number of nitrogens with zero attached hydrogens (tertiary/aromatic N) is 3. The summed E-state index contributed by atoms with van der Waals surface area (Å²) in [6.07, 6.45) is -0.419. The van der Waals surface area contributed by atoms with E-state index in [1.54, 1.807) is 35.3 Å². The van der Waals surface area contributed by atoms with Gasteiger partial charge < -0.3 is 14.2 Å². The van der Waals surface area contributed by atoms with Crippen LogP contribution in [0.1, 0.15) is 48.5 Å². The van der Waals surface area contributed by atoms with E-state index < -0.39 is 28.5 Å². The number of carbonyl (C=O) groups is 2. The lowest BCUT2D eigenvalue weighted by atomic mass is 10.0. The lowest BCUT2D eigenvalue weighted by molar-refractivity contribution is -0.145. The topological polar surface area (TPSA) is 89.8 Å². The third-order valence-corrected chi connectivity index (χ3v) is 8.02. The second kappa shape index (κ2) is 7.70. The van der Waals surface area contributed by atoms with Crippen LogP contribution in [-0.4, -0.2) is 80.7 Å². The van der Waals surface area contributed by atoms with E-state index in [0.29, 0.717) is 18.1 Å². The molecule has 3 aliphatic heterocycles. The van der Waals surface area contributed by atoms with E-state index in [1.165, 1.54) is 7.11 Å². The maximum atomic E-state index is 12.9. The van der Waals surface area contributed by atoms with Crippen molar-refractivity contribution in [2.45, 2.75) is 76.9 Å². The molecule has 30 heavy (non-hydrogen) atoms. The number of thioether (sulfide) groups is 2. The van der Waals surface area contributed by atoms with Crippen molar-refractivity contribution in [3.05, 3.63) is 0 Å². The van der Waals surface area contributed by atoms with Crippen LogP contribution in [0.5, 0.6) is 0 Å². The third-order valence-electron chi connectivity index (χ3n) is 5.14. The highest BCUT2D eigenvalue weighted by Gasteiger charge is 2.52. The zero-order valence-electron chi connectivity index (χ0n) is 18.9. The van der Waals surface area contributed by atoms with Gasteiger partial charge in [0, 0.05) is 11.5 Å². The molecule has 0 saturated carbocycles. The molecule has 1 amide bonds. The van der Waals surface area contributed by atoms with E-state index in [4.69, 9.17) is 19.2 Å². The van der Waals surface area contributed by atoms with Gasteiger partial charge in [0.1, 0.15) is 22.9 Å². The van der Waals surface area contributed by atoms with Gasteiger partial charge in [-0.25, -0.2) is 9.59 Å². The Bertz CT molecular complexity index is 807. The number of amides is 1. The molecule has 3 aliphatic rings. The van der Waals surface area contributed by atoms with Gasteiger partial charge in [-0.2, -0.15) is 0 Å². The fourth-order valence-corrected chi connectivity index (χ4v) is 6.19. The number of carbonyl (C=O) groups excluding carboxylic acids is 2. The Morgan fingerprint density at radius 2 is 1.80 bits per heavy atom. The predicted octanol–water partition coefficient (Wildman–Crippen LogP) is 3.34. The lowest BCUT2D eigenvalue weighted by Crippen LogP contribution is -2.51. The minimum atomic E-state index is -0.887. The SMILES string of the molecule is COC(=O)[C@@]1(C)CSC([C@@]2(C)CSC([C@@H]3COC(C)(C)N3C(=O)OC(C)(C)C)=N2)=N1. The number of rotatable bonds is 3. The summed E-state index contributed by atoms with van der Waals surface area (Å²) in [5, 5.41) is 1.64. The molecule has 168 valence electrons. The number of aliphatic imine (C=N–C) groups is 2. The third kappa shape index (κ3) is 4.36. The van der Waals surface area contributed by atoms with Gasteiger partial charge >= 0.3 is 12.1 Å². The molecule has 0 N–H and O–H groups in total. The Labute approximate surface area is 186 Å².